The van der Waals surface area contributed by atoms with Gasteiger partial charge in [-0.25, -0.2) is 9.97 Å². The summed E-state index contributed by atoms with van der Waals surface area (Å²) in [6, 6.07) is 25.4. The molecule has 7 aromatic rings. The van der Waals surface area contributed by atoms with Crippen LogP contribution in [0.25, 0.3) is 66.6 Å². The van der Waals surface area contributed by atoms with Crippen LogP contribution in [-0.4, -0.2) is 62.8 Å². The fourth-order valence-corrected chi connectivity index (χ4v) is 5.95. The number of nitrogens with zero attached hydrogens (tertiary/aromatic N) is 4. The van der Waals surface area contributed by atoms with Gasteiger partial charge >= 0.3 is 0 Å². The lowest BCUT2D eigenvalue weighted by Crippen LogP contribution is -2.19. The van der Waals surface area contributed by atoms with E-state index in [0.717, 1.165) is 116 Å². The van der Waals surface area contributed by atoms with Crippen molar-refractivity contribution in [1.29, 1.82) is 0 Å². The standard InChI is InChI=1S/C32H25N9/c1-5-23-21(13-17(1)31-38-25-7-3-19(15-27(25)40-31)29-33-9-10-34-29)22-14-18(2-6-24(22)37-23)32-39-26-8-4-20(16-28(26)41-32)30-35-11-12-36-30/h1-8,13-16,37H,9-12H2,(H,33,34)(H,35,36)(H,38,40)(H,39,41). The first-order chi connectivity index (χ1) is 20.2. The molecule has 2 aliphatic rings. The summed E-state index contributed by atoms with van der Waals surface area (Å²) in [4.78, 5) is 29.5. The lowest BCUT2D eigenvalue weighted by Gasteiger charge is -2.01. The van der Waals surface area contributed by atoms with Crippen molar-refractivity contribution in [2.24, 2.45) is 9.98 Å². The van der Waals surface area contributed by atoms with E-state index in [2.05, 4.69) is 108 Å². The number of aliphatic imine (C=N–C) groups is 2. The molecule has 0 amide bonds. The maximum atomic E-state index is 4.93. The van der Waals surface area contributed by atoms with Gasteiger partial charge in [-0.15, -0.1) is 0 Å². The highest BCUT2D eigenvalue weighted by molar-refractivity contribution is 6.10. The van der Waals surface area contributed by atoms with Gasteiger partial charge in [0.05, 0.1) is 35.2 Å². The topological polar surface area (TPSA) is 122 Å². The number of amidine groups is 2. The van der Waals surface area contributed by atoms with Crippen LogP contribution in [0.3, 0.4) is 0 Å². The Morgan fingerprint density at radius 2 is 0.927 bits per heavy atom. The summed E-state index contributed by atoms with van der Waals surface area (Å²) in [6.45, 7) is 3.40. The minimum absolute atomic E-state index is 0.816. The highest BCUT2D eigenvalue weighted by Crippen LogP contribution is 2.33. The molecule has 0 bridgehead atoms. The van der Waals surface area contributed by atoms with Crippen molar-refractivity contribution in [3.63, 3.8) is 0 Å². The quantitative estimate of drug-likeness (QED) is 0.215. The highest BCUT2D eigenvalue weighted by atomic mass is 15.1. The van der Waals surface area contributed by atoms with Gasteiger partial charge in [0.15, 0.2) is 0 Å². The normalized spacial score (nSPS) is 15.1. The molecule has 41 heavy (non-hydrogen) atoms. The van der Waals surface area contributed by atoms with Gasteiger partial charge in [0, 0.05) is 57.1 Å². The Balaban J connectivity index is 1.11. The number of imidazole rings is 2. The third-order valence-corrected chi connectivity index (χ3v) is 8.01. The van der Waals surface area contributed by atoms with Gasteiger partial charge in [-0.05, 0) is 72.8 Å². The van der Waals surface area contributed by atoms with Crippen LogP contribution in [0.2, 0.25) is 0 Å². The molecular formula is C32H25N9. The van der Waals surface area contributed by atoms with Crippen molar-refractivity contribution in [3.8, 4) is 22.8 Å². The molecule has 9 rings (SSSR count). The molecule has 5 heterocycles. The van der Waals surface area contributed by atoms with Crippen LogP contribution in [0.1, 0.15) is 11.1 Å². The Bertz CT molecular complexity index is 2070. The summed E-state index contributed by atoms with van der Waals surface area (Å²) in [5.74, 6) is 3.58. The van der Waals surface area contributed by atoms with Crippen molar-refractivity contribution >= 4 is 55.5 Å². The average molecular weight is 536 g/mol. The SMILES string of the molecule is c1cc2[nH]c(-c3ccc4[nH]c5ccc(-c6nc7cc(C8=NCCN8)ccc7[nH]6)cc5c4c3)nc2cc1C1=NCCN1. The summed E-state index contributed by atoms with van der Waals surface area (Å²) >= 11 is 0. The first-order valence-electron chi connectivity index (χ1n) is 13.9. The second kappa shape index (κ2) is 8.53. The second-order valence-electron chi connectivity index (χ2n) is 10.6. The smallest absolute Gasteiger partial charge is 0.138 e. The summed E-state index contributed by atoms with van der Waals surface area (Å²) in [5.41, 5.74) is 10.3. The molecule has 2 aliphatic heterocycles. The summed E-state index contributed by atoms with van der Waals surface area (Å²) in [6.07, 6.45) is 0. The number of rotatable bonds is 4. The van der Waals surface area contributed by atoms with Gasteiger partial charge < -0.3 is 25.6 Å². The second-order valence-corrected chi connectivity index (χ2v) is 10.6. The zero-order chi connectivity index (χ0) is 26.9. The minimum Gasteiger partial charge on any atom is -0.368 e. The summed E-state index contributed by atoms with van der Waals surface area (Å²) < 4.78 is 0. The van der Waals surface area contributed by atoms with Crippen LogP contribution in [0.15, 0.2) is 82.8 Å². The number of nitrogens with one attached hydrogen (secondary N) is 5. The first kappa shape index (κ1) is 22.4. The van der Waals surface area contributed by atoms with Crippen LogP contribution >= 0.6 is 0 Å². The number of hydrogen-bond donors (Lipinski definition) is 5. The molecule has 0 saturated carbocycles. The van der Waals surface area contributed by atoms with E-state index in [0.29, 0.717) is 0 Å². The van der Waals surface area contributed by atoms with E-state index in [-0.39, 0.29) is 0 Å². The molecule has 9 nitrogen and oxygen atoms in total. The Morgan fingerprint density at radius 1 is 0.463 bits per heavy atom. The van der Waals surface area contributed by atoms with Crippen molar-refractivity contribution in [2.45, 2.75) is 0 Å². The first-order valence-corrected chi connectivity index (χ1v) is 13.9. The van der Waals surface area contributed by atoms with Gasteiger partial charge in [-0.3, -0.25) is 9.98 Å². The van der Waals surface area contributed by atoms with Gasteiger partial charge in [0.1, 0.15) is 23.3 Å². The fraction of sp³-hybridized carbons (Fsp3) is 0.125. The third kappa shape index (κ3) is 3.62. The predicted octanol–water partition coefficient (Wildman–Crippen LogP) is 5.11. The van der Waals surface area contributed by atoms with Gasteiger partial charge in [-0.1, -0.05) is 0 Å². The molecule has 198 valence electrons. The van der Waals surface area contributed by atoms with Crippen LogP contribution in [0.5, 0.6) is 0 Å². The van der Waals surface area contributed by atoms with E-state index >= 15 is 0 Å². The molecule has 0 fully saturated rings. The molecule has 0 atom stereocenters. The molecule has 0 radical (unpaired) electrons. The lowest BCUT2D eigenvalue weighted by molar-refractivity contribution is 0.960. The van der Waals surface area contributed by atoms with E-state index in [1.807, 2.05) is 0 Å². The average Bonchev–Trinajstić information content (AvgIpc) is 3.83. The van der Waals surface area contributed by atoms with E-state index in [4.69, 9.17) is 9.97 Å². The van der Waals surface area contributed by atoms with Crippen LogP contribution < -0.4 is 10.6 Å². The Kier molecular flexibility index (Phi) is 4.66. The van der Waals surface area contributed by atoms with Crippen molar-refractivity contribution in [3.05, 3.63) is 83.9 Å². The number of fused-ring (bicyclic) bond motifs is 5. The predicted molar refractivity (Wildman–Crippen MR) is 165 cm³/mol. The highest BCUT2D eigenvalue weighted by Gasteiger charge is 2.15. The Hall–Kier alpha value is -5.44. The maximum Gasteiger partial charge on any atom is 0.138 e. The van der Waals surface area contributed by atoms with E-state index < -0.39 is 0 Å². The molecule has 3 aromatic heterocycles. The van der Waals surface area contributed by atoms with Crippen molar-refractivity contribution < 1.29 is 0 Å². The molecule has 0 spiro atoms. The summed E-state index contributed by atoms with van der Waals surface area (Å²) in [7, 11) is 0. The largest absolute Gasteiger partial charge is 0.368 e. The van der Waals surface area contributed by atoms with Crippen LogP contribution in [0.4, 0.5) is 0 Å². The van der Waals surface area contributed by atoms with E-state index in [9.17, 15) is 0 Å². The fourth-order valence-electron chi connectivity index (χ4n) is 5.95. The van der Waals surface area contributed by atoms with Crippen LogP contribution in [-0.2, 0) is 0 Å². The zero-order valence-electron chi connectivity index (χ0n) is 22.0. The van der Waals surface area contributed by atoms with Gasteiger partial charge in [0.25, 0.3) is 0 Å². The molecule has 9 heteroatoms. The van der Waals surface area contributed by atoms with E-state index in [1.54, 1.807) is 0 Å². The number of hydrogen-bond acceptors (Lipinski definition) is 6. The molecular weight excluding hydrogens is 510 g/mol. The van der Waals surface area contributed by atoms with Crippen molar-refractivity contribution in [1.82, 2.24) is 35.6 Å². The number of aromatic nitrogens is 5. The monoisotopic (exact) mass is 535 g/mol. The number of H-pyrrole nitrogens is 3. The zero-order valence-corrected chi connectivity index (χ0v) is 22.0. The Morgan fingerprint density at radius 3 is 1.39 bits per heavy atom. The molecule has 0 aliphatic carbocycles. The molecule has 4 aromatic carbocycles. The van der Waals surface area contributed by atoms with Gasteiger partial charge in [-0.2, -0.15) is 0 Å². The molecule has 5 N–H and O–H groups in total. The maximum absolute atomic E-state index is 4.93. The lowest BCUT2D eigenvalue weighted by atomic mass is 10.1. The summed E-state index contributed by atoms with van der Waals surface area (Å²) in [5, 5.41) is 8.98. The minimum atomic E-state index is 0.816. The Labute approximate surface area is 233 Å². The molecule has 0 saturated heterocycles. The van der Waals surface area contributed by atoms with Gasteiger partial charge in [0.2, 0.25) is 0 Å². The number of aromatic amines is 3. The number of benzene rings is 4. The molecule has 0 unspecified atom stereocenters. The third-order valence-electron chi connectivity index (χ3n) is 8.01. The van der Waals surface area contributed by atoms with Crippen molar-refractivity contribution in [2.75, 3.05) is 26.2 Å². The van der Waals surface area contributed by atoms with E-state index in [1.165, 1.54) is 0 Å². The van der Waals surface area contributed by atoms with Crippen LogP contribution in [0, 0.1) is 0 Å².